The normalized spacial score (nSPS) is 4.67. The molecule has 3 heteroatoms. The second kappa shape index (κ2) is 111. The Morgan fingerprint density at radius 2 is 0.722 bits per heavy atom. The van der Waals surface area contributed by atoms with Crippen molar-refractivity contribution in [3.8, 4) is 0 Å². The first-order valence-electron chi connectivity index (χ1n) is 6.99. The van der Waals surface area contributed by atoms with E-state index in [0.29, 0.717) is 0 Å². The third-order valence-electron chi connectivity index (χ3n) is 0.566. The molecule has 1 heterocycles. The number of hydrogen-bond acceptors (Lipinski definition) is 1. The van der Waals surface area contributed by atoms with Crippen LogP contribution in [0, 0.1) is 0 Å². The summed E-state index contributed by atoms with van der Waals surface area (Å²) in [5.41, 5.74) is 0. The minimum absolute atomic E-state index is 1.75. The molecule has 0 saturated carbocycles. The van der Waals surface area contributed by atoms with Crippen LogP contribution in [-0.4, -0.2) is 4.98 Å². The monoisotopic (exact) mass is 483 g/mol. The Labute approximate surface area is 141 Å². The van der Waals surface area contributed by atoms with Crippen molar-refractivity contribution >= 4 is 37.2 Å². The summed E-state index contributed by atoms with van der Waals surface area (Å²) in [5.74, 6) is 0. The van der Waals surface area contributed by atoms with Gasteiger partial charge in [0.2, 0.25) is 0 Å². The van der Waals surface area contributed by atoms with Crippen LogP contribution >= 0.6 is 37.2 Å². The summed E-state index contributed by atoms with van der Waals surface area (Å²) < 4.78 is 0. The van der Waals surface area contributed by atoms with E-state index in [2.05, 4.69) is 42.2 Å². The lowest BCUT2D eigenvalue weighted by atomic mass is 10.5. The molecule has 114 valence electrons. The van der Waals surface area contributed by atoms with Crippen molar-refractivity contribution in [2.45, 2.75) is 69.2 Å². The number of pyridine rings is 1. The van der Waals surface area contributed by atoms with E-state index in [-0.39, 0.29) is 0 Å². The standard InChI is InChI=1S/C5H5N.5C2H6.I2/c1-2-4-6-5-3-1;6*1-2/h1-5H;5*1-2H3;. The van der Waals surface area contributed by atoms with E-state index < -0.39 is 0 Å². The zero-order valence-corrected chi connectivity index (χ0v) is 18.4. The quantitative estimate of drug-likeness (QED) is 0.341. The number of nitrogens with zero attached hydrogens (tertiary/aromatic N) is 1. The average molecular weight is 483 g/mol. The molecule has 1 nitrogen and oxygen atoms in total. The summed E-state index contributed by atoms with van der Waals surface area (Å²) in [6.45, 7) is 20.0. The molecule has 1 aromatic heterocycles. The fourth-order valence-corrected chi connectivity index (χ4v) is 0.313. The van der Waals surface area contributed by atoms with Gasteiger partial charge in [-0.25, -0.2) is 0 Å². The van der Waals surface area contributed by atoms with Gasteiger partial charge >= 0.3 is 0 Å². The Hall–Kier alpha value is 0.610. The molecule has 0 unspecified atom stereocenters. The summed E-state index contributed by atoms with van der Waals surface area (Å²) in [7, 11) is 0. The van der Waals surface area contributed by atoms with Crippen molar-refractivity contribution in [1.82, 2.24) is 4.98 Å². The van der Waals surface area contributed by atoms with Gasteiger partial charge < -0.3 is 0 Å². The average Bonchev–Trinajstić information content (AvgIpc) is 2.60. The van der Waals surface area contributed by atoms with Gasteiger partial charge in [-0.2, -0.15) is 0 Å². The van der Waals surface area contributed by atoms with Gasteiger partial charge in [-0.1, -0.05) is 75.3 Å². The molecule has 0 bridgehead atoms. The molecule has 18 heavy (non-hydrogen) atoms. The Balaban J connectivity index is -0.0000000262. The predicted octanol–water partition coefficient (Wildman–Crippen LogP) is 7.98. The lowest BCUT2D eigenvalue weighted by Gasteiger charge is -1.70. The van der Waals surface area contributed by atoms with Crippen LogP contribution in [0.15, 0.2) is 30.6 Å². The smallest absolute Gasteiger partial charge is 0.0267 e. The van der Waals surface area contributed by atoms with E-state index in [0.717, 1.165) is 0 Å². The van der Waals surface area contributed by atoms with Crippen LogP contribution in [0.25, 0.3) is 0 Å². The van der Waals surface area contributed by atoms with E-state index in [9.17, 15) is 0 Å². The maximum atomic E-state index is 3.78. The SMILES string of the molecule is CC.CC.CC.CC.CC.II.c1ccncc1. The molecule has 0 radical (unpaired) electrons. The fraction of sp³-hybridized carbons (Fsp3) is 0.667. The summed E-state index contributed by atoms with van der Waals surface area (Å²) in [5, 5.41) is 0. The second-order valence-corrected chi connectivity index (χ2v) is 1.02. The highest BCUT2D eigenvalue weighted by Crippen LogP contribution is 1.89. The van der Waals surface area contributed by atoms with E-state index in [1.165, 1.54) is 0 Å². The molecule has 0 saturated heterocycles. The molecule has 1 rings (SSSR count). The third-order valence-corrected chi connectivity index (χ3v) is 0.566. The zero-order chi connectivity index (χ0) is 16.2. The first-order chi connectivity index (χ1) is 9.00. The third kappa shape index (κ3) is 92.6. The molecule has 0 aromatic carbocycles. The first kappa shape index (κ1) is 36.3. The van der Waals surface area contributed by atoms with Crippen LogP contribution in [0.4, 0.5) is 0 Å². The van der Waals surface area contributed by atoms with Gasteiger partial charge in [0, 0.05) is 49.6 Å². The molecule has 0 amide bonds. The highest BCUT2D eigenvalue weighted by Gasteiger charge is 1.58. The number of halogens is 2. The molecule has 0 N–H and O–H groups in total. The molecule has 0 aliphatic heterocycles. The topological polar surface area (TPSA) is 12.9 Å². The molecule has 0 aliphatic rings. The largest absolute Gasteiger partial charge is 0.265 e. The van der Waals surface area contributed by atoms with Crippen LogP contribution < -0.4 is 0 Å². The van der Waals surface area contributed by atoms with Gasteiger partial charge in [0.1, 0.15) is 0 Å². The van der Waals surface area contributed by atoms with Gasteiger partial charge in [-0.3, -0.25) is 4.98 Å². The van der Waals surface area contributed by atoms with Gasteiger partial charge in [0.25, 0.3) is 0 Å². The van der Waals surface area contributed by atoms with E-state index in [1.54, 1.807) is 12.4 Å². The Morgan fingerprint density at radius 3 is 0.778 bits per heavy atom. The van der Waals surface area contributed by atoms with Crippen molar-refractivity contribution in [3.63, 3.8) is 0 Å². The zero-order valence-electron chi connectivity index (χ0n) is 14.1. The maximum absolute atomic E-state index is 3.78. The lowest BCUT2D eigenvalue weighted by molar-refractivity contribution is 1.33. The van der Waals surface area contributed by atoms with Crippen LogP contribution in [0.5, 0.6) is 0 Å². The predicted molar refractivity (Wildman–Crippen MR) is 109 cm³/mol. The number of rotatable bonds is 0. The van der Waals surface area contributed by atoms with Crippen molar-refractivity contribution in [2.24, 2.45) is 0 Å². The van der Waals surface area contributed by atoms with Crippen molar-refractivity contribution in [1.29, 1.82) is 0 Å². The van der Waals surface area contributed by atoms with Crippen LogP contribution in [0.3, 0.4) is 0 Å². The molecule has 1 aromatic rings. The van der Waals surface area contributed by atoms with Crippen molar-refractivity contribution in [3.05, 3.63) is 30.6 Å². The van der Waals surface area contributed by atoms with Crippen molar-refractivity contribution in [2.75, 3.05) is 0 Å². The van der Waals surface area contributed by atoms with Gasteiger partial charge in [0.05, 0.1) is 0 Å². The van der Waals surface area contributed by atoms with Crippen LogP contribution in [0.1, 0.15) is 69.2 Å². The molecule has 0 atom stereocenters. The Kier molecular flexibility index (Phi) is 224. The molecule has 0 spiro atoms. The summed E-state index contributed by atoms with van der Waals surface area (Å²) in [4.78, 5) is 3.78. The van der Waals surface area contributed by atoms with E-state index in [1.807, 2.05) is 87.4 Å². The second-order valence-electron chi connectivity index (χ2n) is 1.02. The minimum atomic E-state index is 1.75. The molecule has 0 fully saturated rings. The van der Waals surface area contributed by atoms with Crippen LogP contribution in [-0.2, 0) is 0 Å². The fourth-order valence-electron chi connectivity index (χ4n) is 0.313. The molecular formula is C15H35I2N. The number of aromatic nitrogens is 1. The van der Waals surface area contributed by atoms with E-state index >= 15 is 0 Å². The van der Waals surface area contributed by atoms with Gasteiger partial charge in [-0.05, 0) is 12.1 Å². The molecule has 0 aliphatic carbocycles. The van der Waals surface area contributed by atoms with Gasteiger partial charge in [-0.15, -0.1) is 0 Å². The van der Waals surface area contributed by atoms with E-state index in [4.69, 9.17) is 0 Å². The summed E-state index contributed by atoms with van der Waals surface area (Å²) >= 11 is 4.24. The Morgan fingerprint density at radius 1 is 0.500 bits per heavy atom. The summed E-state index contributed by atoms with van der Waals surface area (Å²) in [6, 6.07) is 5.72. The highest BCUT2D eigenvalue weighted by molar-refractivity contribution is 15.0. The highest BCUT2D eigenvalue weighted by atomic mass is 128. The van der Waals surface area contributed by atoms with Crippen molar-refractivity contribution < 1.29 is 0 Å². The maximum Gasteiger partial charge on any atom is 0.0267 e. The van der Waals surface area contributed by atoms with Crippen LogP contribution in [0.2, 0.25) is 0 Å². The minimum Gasteiger partial charge on any atom is -0.265 e. The van der Waals surface area contributed by atoms with Gasteiger partial charge in [0.15, 0.2) is 0 Å². The summed E-state index contributed by atoms with van der Waals surface area (Å²) in [6.07, 6.45) is 3.50. The lowest BCUT2D eigenvalue weighted by Crippen LogP contribution is -1.58. The molecular weight excluding hydrogens is 448 g/mol. The Bertz CT molecular complexity index is 86.4. The number of hydrogen-bond donors (Lipinski definition) is 0. The first-order valence-corrected chi connectivity index (χ1v) is 13.3.